The van der Waals surface area contributed by atoms with E-state index in [1.54, 1.807) is 0 Å². The highest BCUT2D eigenvalue weighted by Crippen LogP contribution is 2.21. The quantitative estimate of drug-likeness (QED) is 0.847. The molecule has 19 heavy (non-hydrogen) atoms. The van der Waals surface area contributed by atoms with Crippen molar-refractivity contribution in [3.05, 3.63) is 29.3 Å². The number of aliphatic hydroxyl groups is 1. The van der Waals surface area contributed by atoms with Crippen molar-refractivity contribution in [1.82, 2.24) is 0 Å². The minimum absolute atomic E-state index is 0.108. The largest absolute Gasteiger partial charge is 0.490 e. The van der Waals surface area contributed by atoms with Gasteiger partial charge in [-0.25, -0.2) is 0 Å². The van der Waals surface area contributed by atoms with E-state index >= 15 is 0 Å². The van der Waals surface area contributed by atoms with Crippen LogP contribution in [0, 0.1) is 18.8 Å². The summed E-state index contributed by atoms with van der Waals surface area (Å²) in [6.07, 6.45) is 2.69. The minimum Gasteiger partial charge on any atom is -0.490 e. The van der Waals surface area contributed by atoms with Crippen molar-refractivity contribution in [2.45, 2.75) is 32.3 Å². The Balaban J connectivity index is 2.00. The molecule has 0 spiro atoms. The van der Waals surface area contributed by atoms with E-state index in [9.17, 15) is 0 Å². The van der Waals surface area contributed by atoms with Crippen molar-refractivity contribution in [2.24, 2.45) is 0 Å². The van der Waals surface area contributed by atoms with Crippen LogP contribution in [0.3, 0.4) is 0 Å². The summed E-state index contributed by atoms with van der Waals surface area (Å²) in [6, 6.07) is 5.97. The van der Waals surface area contributed by atoms with E-state index in [0.717, 1.165) is 42.9 Å². The Morgan fingerprint density at radius 3 is 2.84 bits per heavy atom. The van der Waals surface area contributed by atoms with Crippen LogP contribution in [0.1, 0.15) is 30.4 Å². The van der Waals surface area contributed by atoms with E-state index in [1.165, 1.54) is 0 Å². The van der Waals surface area contributed by atoms with Gasteiger partial charge in [-0.1, -0.05) is 11.8 Å². The van der Waals surface area contributed by atoms with Gasteiger partial charge in [0.1, 0.15) is 11.9 Å². The lowest BCUT2D eigenvalue weighted by molar-refractivity contribution is 0.0255. The van der Waals surface area contributed by atoms with Crippen LogP contribution < -0.4 is 4.74 Å². The molecule has 3 nitrogen and oxygen atoms in total. The molecule has 0 saturated carbocycles. The van der Waals surface area contributed by atoms with Crippen LogP contribution in [0.25, 0.3) is 0 Å². The van der Waals surface area contributed by atoms with E-state index in [0.29, 0.717) is 6.42 Å². The number of rotatable bonds is 3. The van der Waals surface area contributed by atoms with Gasteiger partial charge in [-0.3, -0.25) is 0 Å². The molecule has 1 fully saturated rings. The summed E-state index contributed by atoms with van der Waals surface area (Å²) < 4.78 is 11.3. The van der Waals surface area contributed by atoms with E-state index < -0.39 is 0 Å². The fraction of sp³-hybridized carbons (Fsp3) is 0.500. The predicted octanol–water partition coefficient (Wildman–Crippen LogP) is 2.29. The monoisotopic (exact) mass is 260 g/mol. The second-order valence-corrected chi connectivity index (χ2v) is 4.68. The Bertz CT molecular complexity index is 465. The van der Waals surface area contributed by atoms with Gasteiger partial charge in [-0.2, -0.15) is 0 Å². The number of hydrogen-bond acceptors (Lipinski definition) is 3. The van der Waals surface area contributed by atoms with E-state index in [2.05, 4.69) is 11.8 Å². The summed E-state index contributed by atoms with van der Waals surface area (Å²) in [5.41, 5.74) is 2.10. The summed E-state index contributed by atoms with van der Waals surface area (Å²) in [4.78, 5) is 0. The summed E-state index contributed by atoms with van der Waals surface area (Å²) in [5, 5.41) is 8.71. The van der Waals surface area contributed by atoms with Gasteiger partial charge in [0.15, 0.2) is 0 Å². The lowest BCUT2D eigenvalue weighted by Gasteiger charge is -2.23. The Morgan fingerprint density at radius 2 is 2.16 bits per heavy atom. The molecule has 1 saturated heterocycles. The van der Waals surface area contributed by atoms with Gasteiger partial charge < -0.3 is 14.6 Å². The van der Waals surface area contributed by atoms with E-state index in [4.69, 9.17) is 14.6 Å². The second kappa shape index (κ2) is 7.18. The summed E-state index contributed by atoms with van der Waals surface area (Å²) in [5.74, 6) is 6.89. The first-order chi connectivity index (χ1) is 9.29. The summed E-state index contributed by atoms with van der Waals surface area (Å²) >= 11 is 0. The highest BCUT2D eigenvalue weighted by atomic mass is 16.5. The third-order valence-electron chi connectivity index (χ3n) is 3.13. The second-order valence-electron chi connectivity index (χ2n) is 4.68. The lowest BCUT2D eigenvalue weighted by Crippen LogP contribution is -2.25. The zero-order chi connectivity index (χ0) is 13.5. The molecule has 1 aliphatic rings. The number of aliphatic hydroxyl groups excluding tert-OH is 1. The Hall–Kier alpha value is -1.50. The fourth-order valence-corrected chi connectivity index (χ4v) is 2.05. The maximum Gasteiger partial charge on any atom is 0.120 e. The molecule has 1 aromatic carbocycles. The van der Waals surface area contributed by atoms with Crippen LogP contribution in [0.2, 0.25) is 0 Å². The Kier molecular flexibility index (Phi) is 5.26. The topological polar surface area (TPSA) is 38.7 Å². The first kappa shape index (κ1) is 13.9. The first-order valence-electron chi connectivity index (χ1n) is 6.74. The van der Waals surface area contributed by atoms with Gasteiger partial charge in [0, 0.05) is 24.8 Å². The van der Waals surface area contributed by atoms with Crippen LogP contribution in [0.4, 0.5) is 0 Å². The summed E-state index contributed by atoms with van der Waals surface area (Å²) in [6.45, 7) is 3.71. The van der Waals surface area contributed by atoms with Crippen molar-refractivity contribution in [3.8, 4) is 17.6 Å². The average Bonchev–Trinajstić information content (AvgIpc) is 2.43. The van der Waals surface area contributed by atoms with Gasteiger partial charge in [-0.05, 0) is 30.7 Å². The molecule has 3 heteroatoms. The summed E-state index contributed by atoms with van der Waals surface area (Å²) in [7, 11) is 0. The van der Waals surface area contributed by atoms with Crippen molar-refractivity contribution >= 4 is 0 Å². The normalized spacial score (nSPS) is 15.7. The van der Waals surface area contributed by atoms with Crippen LogP contribution in [-0.2, 0) is 4.74 Å². The van der Waals surface area contributed by atoms with Gasteiger partial charge in [0.2, 0.25) is 0 Å². The fourth-order valence-electron chi connectivity index (χ4n) is 2.05. The molecule has 1 N–H and O–H groups in total. The third-order valence-corrected chi connectivity index (χ3v) is 3.13. The number of hydrogen-bond donors (Lipinski definition) is 1. The molecule has 1 heterocycles. The third kappa shape index (κ3) is 4.27. The van der Waals surface area contributed by atoms with Gasteiger partial charge in [0.05, 0.1) is 19.8 Å². The maximum absolute atomic E-state index is 8.71. The number of ether oxygens (including phenoxy) is 2. The Morgan fingerprint density at radius 1 is 1.37 bits per heavy atom. The molecule has 0 unspecified atom stereocenters. The minimum atomic E-state index is 0.108. The zero-order valence-electron chi connectivity index (χ0n) is 11.3. The van der Waals surface area contributed by atoms with Crippen LogP contribution in [0.5, 0.6) is 5.75 Å². The van der Waals surface area contributed by atoms with Crippen molar-refractivity contribution in [3.63, 3.8) is 0 Å². The molecular formula is C16H20O3. The molecule has 0 radical (unpaired) electrons. The van der Waals surface area contributed by atoms with Gasteiger partial charge in [-0.15, -0.1) is 0 Å². The molecule has 1 aliphatic heterocycles. The average molecular weight is 260 g/mol. The molecule has 102 valence electrons. The van der Waals surface area contributed by atoms with Crippen molar-refractivity contribution in [2.75, 3.05) is 19.8 Å². The smallest absolute Gasteiger partial charge is 0.120 e. The highest BCUT2D eigenvalue weighted by Gasteiger charge is 2.15. The van der Waals surface area contributed by atoms with Gasteiger partial charge >= 0.3 is 0 Å². The van der Waals surface area contributed by atoms with E-state index in [-0.39, 0.29) is 12.7 Å². The van der Waals surface area contributed by atoms with E-state index in [1.807, 2.05) is 25.1 Å². The van der Waals surface area contributed by atoms with Crippen LogP contribution in [-0.4, -0.2) is 31.0 Å². The molecule has 0 amide bonds. The lowest BCUT2D eigenvalue weighted by atomic mass is 10.1. The number of benzene rings is 1. The predicted molar refractivity (Wildman–Crippen MR) is 74.2 cm³/mol. The van der Waals surface area contributed by atoms with Gasteiger partial charge in [0.25, 0.3) is 0 Å². The van der Waals surface area contributed by atoms with Crippen LogP contribution >= 0.6 is 0 Å². The van der Waals surface area contributed by atoms with Crippen LogP contribution in [0.15, 0.2) is 18.2 Å². The Labute approximate surface area is 114 Å². The SMILES string of the molecule is Cc1cc(OC2CCOCC2)ccc1C#CCCO. The van der Waals surface area contributed by atoms with Crippen molar-refractivity contribution in [1.29, 1.82) is 0 Å². The zero-order valence-corrected chi connectivity index (χ0v) is 11.3. The number of aryl methyl sites for hydroxylation is 1. The first-order valence-corrected chi connectivity index (χ1v) is 6.74. The highest BCUT2D eigenvalue weighted by molar-refractivity contribution is 5.44. The molecular weight excluding hydrogens is 240 g/mol. The van der Waals surface area contributed by atoms with Crippen molar-refractivity contribution < 1.29 is 14.6 Å². The molecule has 0 atom stereocenters. The maximum atomic E-state index is 8.71. The molecule has 0 aromatic heterocycles. The molecule has 0 bridgehead atoms. The molecule has 2 rings (SSSR count). The standard InChI is InChI=1S/C16H20O3/c1-13-12-16(19-15-7-10-18-11-8-15)6-5-14(13)4-2-3-9-17/h5-6,12,15,17H,3,7-11H2,1H3. The molecule has 1 aromatic rings. The molecule has 0 aliphatic carbocycles.